The lowest BCUT2D eigenvalue weighted by Crippen LogP contribution is -2.29. The van der Waals surface area contributed by atoms with Gasteiger partial charge in [-0.15, -0.1) is 0 Å². The van der Waals surface area contributed by atoms with Crippen molar-refractivity contribution in [1.29, 1.82) is 0 Å². The van der Waals surface area contributed by atoms with E-state index in [0.717, 1.165) is 0 Å². The number of carbonyl (C=O) groups is 3. The molecule has 6 heteroatoms. The van der Waals surface area contributed by atoms with Crippen LogP contribution in [0.5, 0.6) is 0 Å². The van der Waals surface area contributed by atoms with Gasteiger partial charge in [-0.2, -0.15) is 0 Å². The Morgan fingerprint density at radius 3 is 1.21 bits per heavy atom. The third kappa shape index (κ3) is 19.8. The molecule has 0 aromatic heterocycles. The van der Waals surface area contributed by atoms with Crippen LogP contribution in [-0.4, -0.2) is 37.2 Å². The Morgan fingerprint density at radius 2 is 0.848 bits per heavy atom. The van der Waals surface area contributed by atoms with Gasteiger partial charge in [-0.05, 0) is 20.8 Å². The lowest BCUT2D eigenvalue weighted by atomic mass is 10.3. The normalized spacial score (nSPS) is 13.9. The molecule has 0 aliphatic heterocycles. The molecule has 0 bridgehead atoms. The van der Waals surface area contributed by atoms with Crippen molar-refractivity contribution in [3.63, 3.8) is 0 Å². The fraction of sp³-hybridized carbons (Fsp3) is 0.222. The highest BCUT2D eigenvalue weighted by Crippen LogP contribution is 2.00. The number of allylic oxidation sites excluding steroid dienone is 15. The summed E-state index contributed by atoms with van der Waals surface area (Å²) in [7, 11) is 0. The van der Waals surface area contributed by atoms with Crippen LogP contribution in [0.15, 0.2) is 109 Å². The fourth-order valence-electron chi connectivity index (χ4n) is 1.89. The van der Waals surface area contributed by atoms with Crippen LogP contribution in [0.2, 0.25) is 0 Å². The predicted molar refractivity (Wildman–Crippen MR) is 131 cm³/mol. The molecule has 0 heterocycles. The van der Waals surface area contributed by atoms with Crippen LogP contribution < -0.4 is 0 Å². The Balaban J connectivity index is 4.91. The summed E-state index contributed by atoms with van der Waals surface area (Å²) in [6.07, 6.45) is 28.5. The largest absolute Gasteiger partial charge is 0.458 e. The smallest absolute Gasteiger partial charge is 0.331 e. The van der Waals surface area contributed by atoms with E-state index < -0.39 is 24.0 Å². The summed E-state index contributed by atoms with van der Waals surface area (Å²) in [5, 5.41) is 0. The van der Waals surface area contributed by atoms with E-state index in [1.807, 2.05) is 51.2 Å². The van der Waals surface area contributed by atoms with Crippen molar-refractivity contribution in [1.82, 2.24) is 0 Å². The maximum Gasteiger partial charge on any atom is 0.331 e. The lowest BCUT2D eigenvalue weighted by Gasteiger charge is -2.16. The zero-order chi connectivity index (χ0) is 24.6. The summed E-state index contributed by atoms with van der Waals surface area (Å²) >= 11 is 0. The molecule has 0 N–H and O–H groups in total. The highest BCUT2D eigenvalue weighted by Gasteiger charge is 2.17. The van der Waals surface area contributed by atoms with Crippen LogP contribution in [-0.2, 0) is 28.6 Å². The summed E-state index contributed by atoms with van der Waals surface area (Å²) in [6, 6.07) is 0. The average Bonchev–Trinajstić information content (AvgIpc) is 2.80. The molecule has 0 aliphatic carbocycles. The molecule has 0 rings (SSSR count). The second kappa shape index (κ2) is 21.3. The molecular formula is C27H32O6. The number of ether oxygens (including phenoxy) is 3. The first kappa shape index (κ1) is 29.1. The summed E-state index contributed by atoms with van der Waals surface area (Å²) < 4.78 is 15.4. The highest BCUT2D eigenvalue weighted by atomic mass is 16.6. The van der Waals surface area contributed by atoms with Gasteiger partial charge >= 0.3 is 17.9 Å². The zero-order valence-electron chi connectivity index (χ0n) is 19.3. The molecule has 0 aliphatic rings. The highest BCUT2D eigenvalue weighted by molar-refractivity contribution is 5.83. The van der Waals surface area contributed by atoms with Crippen molar-refractivity contribution in [3.05, 3.63) is 109 Å². The molecule has 0 amide bonds. The van der Waals surface area contributed by atoms with Gasteiger partial charge in [0.15, 0.2) is 6.10 Å². The van der Waals surface area contributed by atoms with E-state index >= 15 is 0 Å². The summed E-state index contributed by atoms with van der Waals surface area (Å²) in [5.41, 5.74) is 0. The van der Waals surface area contributed by atoms with Crippen molar-refractivity contribution in [3.8, 4) is 0 Å². The summed E-state index contributed by atoms with van der Waals surface area (Å²) in [5.74, 6) is -1.90. The number of esters is 3. The third-order valence-electron chi connectivity index (χ3n) is 3.38. The Morgan fingerprint density at radius 1 is 0.515 bits per heavy atom. The van der Waals surface area contributed by atoms with E-state index in [-0.39, 0.29) is 13.2 Å². The summed E-state index contributed by atoms with van der Waals surface area (Å²) in [6.45, 7) is 5.08. The Kier molecular flexibility index (Phi) is 18.8. The Hall–Kier alpha value is -3.93. The average molecular weight is 453 g/mol. The van der Waals surface area contributed by atoms with Crippen molar-refractivity contribution in [2.24, 2.45) is 0 Å². The van der Waals surface area contributed by atoms with Crippen molar-refractivity contribution < 1.29 is 28.6 Å². The second-order valence-electron chi connectivity index (χ2n) is 6.13. The molecule has 0 radical (unpaired) electrons. The van der Waals surface area contributed by atoms with Crippen LogP contribution in [0.1, 0.15) is 20.8 Å². The van der Waals surface area contributed by atoms with Gasteiger partial charge in [0.2, 0.25) is 0 Å². The van der Waals surface area contributed by atoms with Gasteiger partial charge in [0, 0.05) is 18.2 Å². The molecule has 0 spiro atoms. The van der Waals surface area contributed by atoms with E-state index in [1.165, 1.54) is 36.5 Å². The summed E-state index contributed by atoms with van der Waals surface area (Å²) in [4.78, 5) is 35.7. The minimum absolute atomic E-state index is 0.270. The molecule has 0 saturated carbocycles. The monoisotopic (exact) mass is 452 g/mol. The van der Waals surface area contributed by atoms with E-state index in [9.17, 15) is 14.4 Å². The SMILES string of the molecule is CC=CC=CC=CC(=O)OCC(COC(=O)C=CC=CC=CC)OC(=O)C=CC=CC=CC. The van der Waals surface area contributed by atoms with Crippen LogP contribution in [0.3, 0.4) is 0 Å². The van der Waals surface area contributed by atoms with Crippen molar-refractivity contribution in [2.75, 3.05) is 13.2 Å². The Labute approximate surface area is 196 Å². The van der Waals surface area contributed by atoms with Gasteiger partial charge in [0.05, 0.1) is 0 Å². The van der Waals surface area contributed by atoms with E-state index in [1.54, 1.807) is 42.5 Å². The van der Waals surface area contributed by atoms with Crippen LogP contribution in [0.25, 0.3) is 0 Å². The number of hydrogen-bond donors (Lipinski definition) is 0. The van der Waals surface area contributed by atoms with Crippen molar-refractivity contribution in [2.45, 2.75) is 26.9 Å². The van der Waals surface area contributed by atoms with E-state index in [2.05, 4.69) is 0 Å². The maximum absolute atomic E-state index is 12.0. The topological polar surface area (TPSA) is 78.9 Å². The molecule has 0 aromatic carbocycles. The fourth-order valence-corrected chi connectivity index (χ4v) is 1.89. The molecule has 176 valence electrons. The minimum atomic E-state index is -0.964. The Bertz CT molecular complexity index is 800. The molecule has 0 atom stereocenters. The molecule has 33 heavy (non-hydrogen) atoms. The van der Waals surface area contributed by atoms with Gasteiger partial charge in [-0.25, -0.2) is 14.4 Å². The lowest BCUT2D eigenvalue weighted by molar-refractivity contribution is -0.160. The van der Waals surface area contributed by atoms with Gasteiger partial charge in [-0.3, -0.25) is 0 Å². The third-order valence-corrected chi connectivity index (χ3v) is 3.38. The molecule has 0 fully saturated rings. The predicted octanol–water partition coefficient (Wildman–Crippen LogP) is 5.05. The second-order valence-corrected chi connectivity index (χ2v) is 6.13. The molecule has 0 unspecified atom stereocenters. The maximum atomic E-state index is 12.0. The van der Waals surface area contributed by atoms with E-state index in [4.69, 9.17) is 14.2 Å². The van der Waals surface area contributed by atoms with Gasteiger partial charge in [0.25, 0.3) is 0 Å². The van der Waals surface area contributed by atoms with Crippen molar-refractivity contribution >= 4 is 17.9 Å². The number of rotatable bonds is 14. The standard InChI is InChI=1S/C27H32O6/c1-4-7-10-13-16-19-25(28)31-22-24(33-27(30)21-18-15-12-9-6-3)23-32-26(29)20-17-14-11-8-5-2/h4-21,24H,22-23H2,1-3H3. The first-order valence-electron chi connectivity index (χ1n) is 10.5. The van der Waals surface area contributed by atoms with Gasteiger partial charge in [-0.1, -0.05) is 91.1 Å². The quantitative estimate of drug-likeness (QED) is 0.159. The first-order valence-corrected chi connectivity index (χ1v) is 10.5. The molecule has 0 saturated heterocycles. The molecular weight excluding hydrogens is 420 g/mol. The van der Waals surface area contributed by atoms with Gasteiger partial charge in [0.1, 0.15) is 13.2 Å². The van der Waals surface area contributed by atoms with Crippen LogP contribution in [0.4, 0.5) is 0 Å². The van der Waals surface area contributed by atoms with E-state index in [0.29, 0.717) is 0 Å². The van der Waals surface area contributed by atoms with Gasteiger partial charge < -0.3 is 14.2 Å². The van der Waals surface area contributed by atoms with Crippen LogP contribution in [0, 0.1) is 0 Å². The minimum Gasteiger partial charge on any atom is -0.458 e. The molecule has 0 aromatic rings. The molecule has 6 nitrogen and oxygen atoms in total. The van der Waals surface area contributed by atoms with Crippen LogP contribution >= 0.6 is 0 Å². The first-order chi connectivity index (χ1) is 16.0. The number of hydrogen-bond acceptors (Lipinski definition) is 6. The number of carbonyl (C=O) groups excluding carboxylic acids is 3. The zero-order valence-corrected chi connectivity index (χ0v) is 19.3.